The molecule has 0 aliphatic rings. The Labute approximate surface area is 85.1 Å². The zero-order valence-corrected chi connectivity index (χ0v) is 8.17. The number of alkyl halides is 3. The molecule has 0 spiro atoms. The number of hydrogen-bond acceptors (Lipinski definition) is 0. The van der Waals surface area contributed by atoms with Crippen molar-refractivity contribution >= 4 is 10.9 Å². The Kier molecular flexibility index (Phi) is 2.21. The van der Waals surface area contributed by atoms with Crippen molar-refractivity contribution < 1.29 is 13.2 Å². The lowest BCUT2D eigenvalue weighted by Gasteiger charge is -2.07. The number of aryl methyl sites for hydroxylation is 1. The molecule has 1 heterocycles. The van der Waals surface area contributed by atoms with Gasteiger partial charge in [-0.05, 0) is 17.7 Å². The molecule has 15 heavy (non-hydrogen) atoms. The predicted octanol–water partition coefficient (Wildman–Crippen LogP) is 3.28. The molecule has 0 unspecified atom stereocenters. The van der Waals surface area contributed by atoms with Crippen molar-refractivity contribution in [2.45, 2.75) is 12.6 Å². The minimum Gasteiger partial charge on any atom is -0.351 e. The highest BCUT2D eigenvalue weighted by atomic mass is 19.4. The van der Waals surface area contributed by atoms with Gasteiger partial charge in [-0.15, -0.1) is 0 Å². The van der Waals surface area contributed by atoms with E-state index in [0.717, 1.165) is 5.52 Å². The normalized spacial score (nSPS) is 12.3. The molecule has 0 aliphatic heterocycles. The lowest BCUT2D eigenvalue weighted by Crippen LogP contribution is -2.11. The van der Waals surface area contributed by atoms with Crippen molar-refractivity contribution in [1.29, 1.82) is 0 Å². The molecule has 4 heteroatoms. The van der Waals surface area contributed by atoms with E-state index in [1.807, 2.05) is 17.7 Å². The third-order valence-corrected chi connectivity index (χ3v) is 2.41. The Balaban J connectivity index is 2.52. The van der Waals surface area contributed by atoms with Gasteiger partial charge in [-0.3, -0.25) is 0 Å². The minimum absolute atomic E-state index is 0.334. The summed E-state index contributed by atoms with van der Waals surface area (Å²) in [5.41, 5.74) is 1.16. The molecule has 2 rings (SSSR count). The Morgan fingerprint density at radius 1 is 1.20 bits per heavy atom. The average molecular weight is 213 g/mol. The number of nitrogens with zero attached hydrogens (tertiary/aromatic N) is 1. The molecule has 0 bridgehead atoms. The number of fused-ring (bicyclic) bond motifs is 1. The SMILES string of the molecule is Cn1ccc2c(CC(F)(F)F)cccc21. The minimum atomic E-state index is -4.15. The Morgan fingerprint density at radius 3 is 2.60 bits per heavy atom. The Hall–Kier alpha value is -1.45. The maximum Gasteiger partial charge on any atom is 0.393 e. The summed E-state index contributed by atoms with van der Waals surface area (Å²) in [6.07, 6.45) is -3.25. The standard InChI is InChI=1S/C11H10F3N/c1-15-6-5-9-8(7-11(12,13)14)3-2-4-10(9)15/h2-6H,7H2,1H3. The number of rotatable bonds is 1. The summed E-state index contributed by atoms with van der Waals surface area (Å²) in [6, 6.07) is 6.71. The van der Waals surface area contributed by atoms with Gasteiger partial charge in [0.05, 0.1) is 6.42 Å². The fraction of sp³-hybridized carbons (Fsp3) is 0.273. The fourth-order valence-electron chi connectivity index (χ4n) is 1.74. The first-order valence-corrected chi connectivity index (χ1v) is 4.57. The molecular formula is C11H10F3N. The van der Waals surface area contributed by atoms with Crippen LogP contribution in [0.1, 0.15) is 5.56 Å². The van der Waals surface area contributed by atoms with E-state index in [-0.39, 0.29) is 0 Å². The molecular weight excluding hydrogens is 203 g/mol. The van der Waals surface area contributed by atoms with E-state index in [1.165, 1.54) is 6.07 Å². The molecule has 80 valence electrons. The van der Waals surface area contributed by atoms with Gasteiger partial charge in [-0.1, -0.05) is 12.1 Å². The molecule has 0 saturated carbocycles. The lowest BCUT2D eigenvalue weighted by atomic mass is 10.1. The average Bonchev–Trinajstić information content (AvgIpc) is 2.47. The van der Waals surface area contributed by atoms with Crippen molar-refractivity contribution in [3.8, 4) is 0 Å². The van der Waals surface area contributed by atoms with Crippen LogP contribution >= 0.6 is 0 Å². The van der Waals surface area contributed by atoms with E-state index in [4.69, 9.17) is 0 Å². The van der Waals surface area contributed by atoms with Crippen LogP contribution in [-0.2, 0) is 13.5 Å². The summed E-state index contributed by atoms with van der Waals surface area (Å²) in [6.45, 7) is 0. The largest absolute Gasteiger partial charge is 0.393 e. The van der Waals surface area contributed by atoms with Crippen molar-refractivity contribution in [2.75, 3.05) is 0 Å². The van der Waals surface area contributed by atoms with E-state index in [9.17, 15) is 13.2 Å². The number of benzene rings is 1. The molecule has 0 fully saturated rings. The second kappa shape index (κ2) is 3.29. The number of halogens is 3. The van der Waals surface area contributed by atoms with Crippen molar-refractivity contribution in [3.05, 3.63) is 36.0 Å². The monoisotopic (exact) mass is 213 g/mol. The molecule has 0 atom stereocenters. The van der Waals surface area contributed by atoms with Crippen molar-refractivity contribution in [3.63, 3.8) is 0 Å². The van der Waals surface area contributed by atoms with E-state index in [2.05, 4.69) is 0 Å². The zero-order valence-electron chi connectivity index (χ0n) is 8.17. The zero-order chi connectivity index (χ0) is 11.1. The molecule has 1 aromatic heterocycles. The van der Waals surface area contributed by atoms with Crippen LogP contribution in [0.2, 0.25) is 0 Å². The van der Waals surface area contributed by atoms with Gasteiger partial charge < -0.3 is 4.57 Å². The molecule has 0 N–H and O–H groups in total. The van der Waals surface area contributed by atoms with Crippen LogP contribution < -0.4 is 0 Å². The molecule has 0 saturated heterocycles. The first-order valence-electron chi connectivity index (χ1n) is 4.57. The lowest BCUT2D eigenvalue weighted by molar-refractivity contribution is -0.126. The van der Waals surface area contributed by atoms with Crippen molar-refractivity contribution in [2.24, 2.45) is 7.05 Å². The molecule has 1 aromatic carbocycles. The highest BCUT2D eigenvalue weighted by Gasteiger charge is 2.28. The van der Waals surface area contributed by atoms with Crippen molar-refractivity contribution in [1.82, 2.24) is 4.57 Å². The van der Waals surface area contributed by atoms with Crippen LogP contribution in [0.5, 0.6) is 0 Å². The third-order valence-electron chi connectivity index (χ3n) is 2.41. The number of hydrogen-bond donors (Lipinski definition) is 0. The van der Waals surface area contributed by atoms with Gasteiger partial charge in [0, 0.05) is 24.1 Å². The second-order valence-electron chi connectivity index (χ2n) is 3.57. The third kappa shape index (κ3) is 1.98. The first-order chi connectivity index (χ1) is 6.97. The van der Waals surface area contributed by atoms with Gasteiger partial charge in [0.1, 0.15) is 0 Å². The quantitative estimate of drug-likeness (QED) is 0.685. The highest BCUT2D eigenvalue weighted by molar-refractivity contribution is 5.83. The van der Waals surface area contributed by atoms with Gasteiger partial charge in [0.2, 0.25) is 0 Å². The van der Waals surface area contributed by atoms with Crippen LogP contribution in [0.15, 0.2) is 30.5 Å². The highest BCUT2D eigenvalue weighted by Crippen LogP contribution is 2.26. The van der Waals surface area contributed by atoms with Gasteiger partial charge in [0.25, 0.3) is 0 Å². The van der Waals surface area contributed by atoms with Gasteiger partial charge >= 0.3 is 6.18 Å². The Morgan fingerprint density at radius 2 is 1.93 bits per heavy atom. The van der Waals surface area contributed by atoms with E-state index < -0.39 is 12.6 Å². The first kappa shape index (κ1) is 10.1. The molecule has 2 aromatic rings. The molecule has 1 nitrogen and oxygen atoms in total. The maximum atomic E-state index is 12.3. The molecule has 0 radical (unpaired) electrons. The van der Waals surface area contributed by atoms with Crippen LogP contribution in [0, 0.1) is 0 Å². The van der Waals surface area contributed by atoms with E-state index in [1.54, 1.807) is 18.3 Å². The van der Waals surface area contributed by atoms with Crippen LogP contribution in [0.25, 0.3) is 10.9 Å². The fourth-order valence-corrected chi connectivity index (χ4v) is 1.74. The predicted molar refractivity (Wildman–Crippen MR) is 52.7 cm³/mol. The summed E-state index contributed by atoms with van der Waals surface area (Å²) >= 11 is 0. The summed E-state index contributed by atoms with van der Waals surface area (Å²) in [4.78, 5) is 0. The Bertz CT molecular complexity index is 482. The van der Waals surface area contributed by atoms with Crippen LogP contribution in [-0.4, -0.2) is 10.7 Å². The van der Waals surface area contributed by atoms with Gasteiger partial charge in [-0.2, -0.15) is 13.2 Å². The summed E-state index contributed by atoms with van der Waals surface area (Å²) in [5.74, 6) is 0. The van der Waals surface area contributed by atoms with E-state index >= 15 is 0 Å². The molecule has 0 aliphatic carbocycles. The summed E-state index contributed by atoms with van der Waals surface area (Å²) in [5, 5.41) is 0.678. The smallest absolute Gasteiger partial charge is 0.351 e. The topological polar surface area (TPSA) is 4.93 Å². The number of aromatic nitrogens is 1. The summed E-state index contributed by atoms with van der Waals surface area (Å²) < 4.78 is 38.6. The summed E-state index contributed by atoms with van der Waals surface area (Å²) in [7, 11) is 1.82. The van der Waals surface area contributed by atoms with Gasteiger partial charge in [0.15, 0.2) is 0 Å². The maximum absolute atomic E-state index is 12.3. The van der Waals surface area contributed by atoms with Gasteiger partial charge in [-0.25, -0.2) is 0 Å². The van der Waals surface area contributed by atoms with E-state index in [0.29, 0.717) is 10.9 Å². The second-order valence-corrected chi connectivity index (χ2v) is 3.57. The van der Waals surface area contributed by atoms with Crippen LogP contribution in [0.3, 0.4) is 0 Å². The van der Waals surface area contributed by atoms with Crippen LogP contribution in [0.4, 0.5) is 13.2 Å². The molecule has 0 amide bonds.